The number of alkyl halides is 1. The van der Waals surface area contributed by atoms with Crippen LogP contribution in [0.25, 0.3) is 0 Å². The van der Waals surface area contributed by atoms with Crippen molar-refractivity contribution in [3.8, 4) is 0 Å². The molecule has 0 bridgehead atoms. The monoisotopic (exact) mass is 257 g/mol. The summed E-state index contributed by atoms with van der Waals surface area (Å²) >= 11 is 0. The molecule has 3 heteroatoms. The van der Waals surface area contributed by atoms with Gasteiger partial charge in [-0.3, -0.25) is 4.99 Å². The zero-order valence-electron chi connectivity index (χ0n) is 12.7. The molecule has 0 aromatic heterocycles. The number of hydrogen-bond acceptors (Lipinski definition) is 2. The van der Waals surface area contributed by atoms with E-state index in [0.29, 0.717) is 11.8 Å². The molecule has 1 fully saturated rings. The minimum atomic E-state index is -0.731. The number of ether oxygens (including phenoxy) is 1. The Morgan fingerprint density at radius 3 is 2.22 bits per heavy atom. The summed E-state index contributed by atoms with van der Waals surface area (Å²) in [5, 5.41) is 0. The summed E-state index contributed by atoms with van der Waals surface area (Å²) in [6, 6.07) is 0. The van der Waals surface area contributed by atoms with Crippen LogP contribution >= 0.6 is 0 Å². The van der Waals surface area contributed by atoms with E-state index in [0.717, 1.165) is 11.3 Å². The molecule has 1 atom stereocenters. The van der Waals surface area contributed by atoms with Gasteiger partial charge in [0, 0.05) is 17.8 Å². The van der Waals surface area contributed by atoms with E-state index in [4.69, 9.17) is 4.74 Å². The van der Waals surface area contributed by atoms with Gasteiger partial charge in [0.1, 0.15) is 0 Å². The molecule has 0 saturated heterocycles. The second kappa shape index (κ2) is 9.26. The van der Waals surface area contributed by atoms with Crippen LogP contribution in [0.5, 0.6) is 0 Å². The summed E-state index contributed by atoms with van der Waals surface area (Å²) in [6.07, 6.45) is 4.04. The van der Waals surface area contributed by atoms with Gasteiger partial charge in [-0.2, -0.15) is 0 Å². The molecule has 1 unspecified atom stereocenters. The molecule has 0 amide bonds. The number of halogens is 1. The molecule has 0 heterocycles. The quantitative estimate of drug-likeness (QED) is 0.629. The third-order valence-electron chi connectivity index (χ3n) is 2.90. The fourth-order valence-corrected chi connectivity index (χ4v) is 2.07. The van der Waals surface area contributed by atoms with Crippen molar-refractivity contribution in [2.75, 3.05) is 6.86 Å². The van der Waals surface area contributed by atoms with Crippen molar-refractivity contribution < 1.29 is 9.13 Å². The summed E-state index contributed by atoms with van der Waals surface area (Å²) < 4.78 is 17.3. The Morgan fingerprint density at radius 1 is 1.33 bits per heavy atom. The average molecular weight is 257 g/mol. The highest BCUT2D eigenvalue weighted by Crippen LogP contribution is 2.41. The molecule has 0 aromatic carbocycles. The molecule has 0 radical (unpaired) electrons. The number of rotatable bonds is 6. The van der Waals surface area contributed by atoms with Gasteiger partial charge < -0.3 is 4.74 Å². The number of nitrogens with zero attached hydrogens (tertiary/aromatic N) is 1. The number of allylic oxidation sites excluding steroid dienone is 1. The molecule has 106 valence electrons. The summed E-state index contributed by atoms with van der Waals surface area (Å²) in [6.45, 7) is 11.3. The van der Waals surface area contributed by atoms with E-state index in [1.807, 2.05) is 33.9 Å². The second-order valence-corrected chi connectivity index (χ2v) is 4.57. The second-order valence-electron chi connectivity index (χ2n) is 4.57. The van der Waals surface area contributed by atoms with Crippen molar-refractivity contribution in [2.45, 2.75) is 60.5 Å². The van der Waals surface area contributed by atoms with E-state index in [1.54, 1.807) is 0 Å². The molecule has 0 N–H and O–H groups in total. The zero-order valence-corrected chi connectivity index (χ0v) is 12.7. The standard InChI is InChI=1S/C13H22FNO.C2H6/c1-5-15-13(11-6-7-11)12(9(2)3)10(4)16-8-14;1-2/h5,9-11H,6-8H2,1-4H3;1-2H3/b13-12-,15-5?;. The first-order valence-electron chi connectivity index (χ1n) is 7.02. The fraction of sp³-hybridized carbons (Fsp3) is 0.800. The van der Waals surface area contributed by atoms with Crippen LogP contribution in [-0.4, -0.2) is 19.2 Å². The van der Waals surface area contributed by atoms with Crippen LogP contribution in [0.3, 0.4) is 0 Å². The molecule has 0 spiro atoms. The first-order valence-corrected chi connectivity index (χ1v) is 7.02. The summed E-state index contributed by atoms with van der Waals surface area (Å²) in [5.41, 5.74) is 2.27. The Morgan fingerprint density at radius 2 is 1.89 bits per heavy atom. The van der Waals surface area contributed by atoms with Crippen molar-refractivity contribution in [3.05, 3.63) is 11.3 Å². The molecular weight excluding hydrogens is 229 g/mol. The smallest absolute Gasteiger partial charge is 0.188 e. The van der Waals surface area contributed by atoms with E-state index >= 15 is 0 Å². The van der Waals surface area contributed by atoms with E-state index in [2.05, 4.69) is 18.8 Å². The first-order chi connectivity index (χ1) is 8.61. The lowest BCUT2D eigenvalue weighted by atomic mass is 9.94. The lowest BCUT2D eigenvalue weighted by molar-refractivity contribution is 0.0192. The molecule has 1 rings (SSSR count). The van der Waals surface area contributed by atoms with Gasteiger partial charge in [0.25, 0.3) is 0 Å². The van der Waals surface area contributed by atoms with Crippen LogP contribution in [0, 0.1) is 11.8 Å². The molecular formula is C15H28FNO. The normalized spacial score (nSPS) is 18.4. The highest BCUT2D eigenvalue weighted by atomic mass is 19.1. The predicted molar refractivity (Wildman–Crippen MR) is 76.6 cm³/mol. The van der Waals surface area contributed by atoms with Gasteiger partial charge in [-0.25, -0.2) is 4.39 Å². The SMILES string of the molecule is CC.CC=N/C(=C(/C(C)C)C(C)OCF)C1CC1. The predicted octanol–water partition coefficient (Wildman–Crippen LogP) is 4.76. The van der Waals surface area contributed by atoms with Gasteiger partial charge in [-0.1, -0.05) is 27.7 Å². The first kappa shape index (κ1) is 17.3. The maximum atomic E-state index is 12.3. The van der Waals surface area contributed by atoms with Crippen molar-refractivity contribution in [1.29, 1.82) is 0 Å². The van der Waals surface area contributed by atoms with E-state index in [9.17, 15) is 4.39 Å². The average Bonchev–Trinajstić information content (AvgIpc) is 3.15. The molecule has 1 saturated carbocycles. The van der Waals surface area contributed by atoms with E-state index in [1.165, 1.54) is 12.8 Å². The Hall–Kier alpha value is -0.700. The fourth-order valence-electron chi connectivity index (χ4n) is 2.07. The van der Waals surface area contributed by atoms with Crippen molar-refractivity contribution >= 4 is 6.21 Å². The maximum Gasteiger partial charge on any atom is 0.188 e. The Labute approximate surface area is 111 Å². The summed E-state index contributed by atoms with van der Waals surface area (Å²) in [4.78, 5) is 4.46. The Bertz CT molecular complexity index is 280. The summed E-state index contributed by atoms with van der Waals surface area (Å²) in [7, 11) is 0. The van der Waals surface area contributed by atoms with Crippen molar-refractivity contribution in [2.24, 2.45) is 16.8 Å². The minimum Gasteiger partial charge on any atom is -0.343 e. The number of aliphatic imine (C=N–C) groups is 1. The molecule has 1 aliphatic carbocycles. The molecule has 0 aromatic rings. The van der Waals surface area contributed by atoms with Gasteiger partial charge >= 0.3 is 0 Å². The molecule has 18 heavy (non-hydrogen) atoms. The van der Waals surface area contributed by atoms with Gasteiger partial charge in [0.2, 0.25) is 0 Å². The van der Waals surface area contributed by atoms with Crippen molar-refractivity contribution in [3.63, 3.8) is 0 Å². The van der Waals surface area contributed by atoms with E-state index < -0.39 is 6.86 Å². The molecule has 0 aliphatic heterocycles. The third-order valence-corrected chi connectivity index (χ3v) is 2.90. The maximum absolute atomic E-state index is 12.3. The Kier molecular flexibility index (Phi) is 8.90. The van der Waals surface area contributed by atoms with Gasteiger partial charge in [-0.15, -0.1) is 0 Å². The van der Waals surface area contributed by atoms with Gasteiger partial charge in [-0.05, 0) is 38.2 Å². The van der Waals surface area contributed by atoms with Crippen LogP contribution in [-0.2, 0) is 4.74 Å². The Balaban J connectivity index is 0.00000137. The third kappa shape index (κ3) is 5.30. The highest BCUT2D eigenvalue weighted by Gasteiger charge is 2.31. The zero-order chi connectivity index (χ0) is 14.1. The van der Waals surface area contributed by atoms with Crippen LogP contribution in [0.2, 0.25) is 0 Å². The van der Waals surface area contributed by atoms with Crippen LogP contribution in [0.15, 0.2) is 16.3 Å². The minimum absolute atomic E-state index is 0.177. The lowest BCUT2D eigenvalue weighted by Gasteiger charge is -2.21. The number of hydrogen-bond donors (Lipinski definition) is 0. The van der Waals surface area contributed by atoms with Crippen LogP contribution in [0.1, 0.15) is 54.4 Å². The molecule has 2 nitrogen and oxygen atoms in total. The molecule has 1 aliphatic rings. The lowest BCUT2D eigenvalue weighted by Crippen LogP contribution is -2.18. The van der Waals surface area contributed by atoms with Gasteiger partial charge in [0.05, 0.1) is 6.10 Å². The highest BCUT2D eigenvalue weighted by molar-refractivity contribution is 5.56. The van der Waals surface area contributed by atoms with Crippen molar-refractivity contribution in [1.82, 2.24) is 0 Å². The van der Waals surface area contributed by atoms with Crippen LogP contribution < -0.4 is 0 Å². The largest absolute Gasteiger partial charge is 0.343 e. The van der Waals surface area contributed by atoms with Crippen LogP contribution in [0.4, 0.5) is 4.39 Å². The van der Waals surface area contributed by atoms with Gasteiger partial charge in [0.15, 0.2) is 6.86 Å². The van der Waals surface area contributed by atoms with E-state index in [-0.39, 0.29) is 6.10 Å². The topological polar surface area (TPSA) is 21.6 Å². The summed E-state index contributed by atoms with van der Waals surface area (Å²) in [5.74, 6) is 0.917.